The number of ether oxygens (including phenoxy) is 1. The first-order valence-corrected chi connectivity index (χ1v) is 8.82. The molecule has 0 spiro atoms. The first-order chi connectivity index (χ1) is 12.6. The molecule has 1 aromatic carbocycles. The van der Waals surface area contributed by atoms with Crippen LogP contribution in [0.4, 0.5) is 0 Å². The van der Waals surface area contributed by atoms with E-state index in [2.05, 4.69) is 4.98 Å². The van der Waals surface area contributed by atoms with Gasteiger partial charge in [0.25, 0.3) is 11.8 Å². The van der Waals surface area contributed by atoms with E-state index in [9.17, 15) is 9.59 Å². The van der Waals surface area contributed by atoms with Crippen LogP contribution in [0.5, 0.6) is 5.75 Å². The van der Waals surface area contributed by atoms with E-state index in [0.29, 0.717) is 43.9 Å². The zero-order chi connectivity index (χ0) is 18.5. The molecule has 0 bridgehead atoms. The molecule has 26 heavy (non-hydrogen) atoms. The number of nitrogens with zero attached hydrogens (tertiary/aromatic N) is 3. The van der Waals surface area contributed by atoms with Gasteiger partial charge in [-0.1, -0.05) is 0 Å². The van der Waals surface area contributed by atoms with Crippen LogP contribution in [0.1, 0.15) is 33.2 Å². The van der Waals surface area contributed by atoms with Crippen LogP contribution in [0.3, 0.4) is 0 Å². The van der Waals surface area contributed by atoms with E-state index in [0.717, 1.165) is 11.3 Å². The smallest absolute Gasteiger partial charge is 0.255 e. The molecule has 1 fully saturated rings. The van der Waals surface area contributed by atoms with Gasteiger partial charge in [-0.25, -0.2) is 0 Å². The zero-order valence-corrected chi connectivity index (χ0v) is 15.1. The van der Waals surface area contributed by atoms with Crippen LogP contribution in [0, 0.1) is 6.92 Å². The topological polar surface area (TPSA) is 62.7 Å². The molecule has 3 rings (SSSR count). The van der Waals surface area contributed by atoms with Crippen LogP contribution in [0.2, 0.25) is 0 Å². The highest BCUT2D eigenvalue weighted by Crippen LogP contribution is 2.20. The lowest BCUT2D eigenvalue weighted by molar-refractivity contribution is 0.0535. The minimum Gasteiger partial charge on any atom is -0.494 e. The van der Waals surface area contributed by atoms with Crippen LogP contribution in [-0.4, -0.2) is 59.4 Å². The minimum absolute atomic E-state index is 0.00961. The summed E-state index contributed by atoms with van der Waals surface area (Å²) in [6.07, 6.45) is 3.22. The Labute approximate surface area is 153 Å². The summed E-state index contributed by atoms with van der Waals surface area (Å²) in [5.74, 6) is 0.752. The van der Waals surface area contributed by atoms with Crippen molar-refractivity contribution in [2.45, 2.75) is 13.8 Å². The van der Waals surface area contributed by atoms with E-state index in [-0.39, 0.29) is 11.8 Å². The average Bonchev–Trinajstić information content (AvgIpc) is 2.69. The van der Waals surface area contributed by atoms with Crippen molar-refractivity contribution in [3.8, 4) is 5.75 Å². The van der Waals surface area contributed by atoms with Gasteiger partial charge in [-0.05, 0) is 49.7 Å². The Bertz CT molecular complexity index is 784. The summed E-state index contributed by atoms with van der Waals surface area (Å²) in [7, 11) is 0. The van der Waals surface area contributed by atoms with Crippen molar-refractivity contribution in [2.75, 3.05) is 32.8 Å². The Morgan fingerprint density at radius 3 is 2.23 bits per heavy atom. The van der Waals surface area contributed by atoms with Gasteiger partial charge in [0, 0.05) is 44.1 Å². The summed E-state index contributed by atoms with van der Waals surface area (Å²) >= 11 is 0. The molecule has 0 aliphatic carbocycles. The van der Waals surface area contributed by atoms with Gasteiger partial charge in [0.2, 0.25) is 0 Å². The number of rotatable bonds is 4. The lowest BCUT2D eigenvalue weighted by atomic mass is 10.1. The highest BCUT2D eigenvalue weighted by atomic mass is 16.5. The van der Waals surface area contributed by atoms with Gasteiger partial charge in [0.15, 0.2) is 0 Å². The number of carbonyl (C=O) groups excluding carboxylic acids is 2. The molecule has 0 unspecified atom stereocenters. The maximum Gasteiger partial charge on any atom is 0.255 e. The average molecular weight is 353 g/mol. The van der Waals surface area contributed by atoms with Gasteiger partial charge in [-0.15, -0.1) is 0 Å². The summed E-state index contributed by atoms with van der Waals surface area (Å²) in [5, 5.41) is 0. The lowest BCUT2D eigenvalue weighted by Crippen LogP contribution is -2.50. The minimum atomic E-state index is -0.0397. The molecule has 2 aromatic rings. The van der Waals surface area contributed by atoms with Crippen molar-refractivity contribution >= 4 is 11.8 Å². The molecular weight excluding hydrogens is 330 g/mol. The van der Waals surface area contributed by atoms with Crippen molar-refractivity contribution in [1.29, 1.82) is 0 Å². The molecule has 0 saturated carbocycles. The Hall–Kier alpha value is -2.89. The number of piperazine rings is 1. The number of hydrogen-bond donors (Lipinski definition) is 0. The first kappa shape index (κ1) is 17.9. The maximum absolute atomic E-state index is 12.7. The van der Waals surface area contributed by atoms with Gasteiger partial charge in [-0.2, -0.15) is 0 Å². The highest BCUT2D eigenvalue weighted by Gasteiger charge is 2.25. The van der Waals surface area contributed by atoms with E-state index in [4.69, 9.17) is 4.74 Å². The summed E-state index contributed by atoms with van der Waals surface area (Å²) in [6, 6.07) is 9.01. The van der Waals surface area contributed by atoms with Crippen molar-refractivity contribution in [3.05, 3.63) is 59.4 Å². The monoisotopic (exact) mass is 353 g/mol. The van der Waals surface area contributed by atoms with Crippen LogP contribution in [-0.2, 0) is 0 Å². The van der Waals surface area contributed by atoms with Crippen LogP contribution >= 0.6 is 0 Å². The van der Waals surface area contributed by atoms with Crippen molar-refractivity contribution in [1.82, 2.24) is 14.8 Å². The molecule has 136 valence electrons. The van der Waals surface area contributed by atoms with E-state index < -0.39 is 0 Å². The van der Waals surface area contributed by atoms with Gasteiger partial charge in [-0.3, -0.25) is 14.6 Å². The molecule has 1 aromatic heterocycles. The van der Waals surface area contributed by atoms with E-state index in [1.54, 1.807) is 40.4 Å². The van der Waals surface area contributed by atoms with Crippen LogP contribution in [0.25, 0.3) is 0 Å². The van der Waals surface area contributed by atoms with Gasteiger partial charge in [0.1, 0.15) is 5.75 Å². The van der Waals surface area contributed by atoms with Crippen molar-refractivity contribution in [3.63, 3.8) is 0 Å². The molecule has 1 aliphatic heterocycles. The maximum atomic E-state index is 12.7. The van der Waals surface area contributed by atoms with Crippen molar-refractivity contribution < 1.29 is 14.3 Å². The fourth-order valence-corrected chi connectivity index (χ4v) is 3.07. The van der Waals surface area contributed by atoms with Crippen LogP contribution in [0.15, 0.2) is 42.7 Å². The second kappa shape index (κ2) is 7.99. The molecular formula is C20H23N3O3. The van der Waals surface area contributed by atoms with Gasteiger partial charge < -0.3 is 14.5 Å². The van der Waals surface area contributed by atoms with E-state index in [1.165, 1.54) is 0 Å². The quantitative estimate of drug-likeness (QED) is 0.847. The Balaban J connectivity index is 1.62. The first-order valence-electron chi connectivity index (χ1n) is 8.82. The number of benzene rings is 1. The fourth-order valence-electron chi connectivity index (χ4n) is 3.07. The second-order valence-corrected chi connectivity index (χ2v) is 6.24. The number of amides is 2. The molecule has 0 radical (unpaired) electrons. The number of carbonyl (C=O) groups is 2. The Kier molecular flexibility index (Phi) is 5.51. The Morgan fingerprint density at radius 1 is 1.04 bits per heavy atom. The molecule has 6 heteroatoms. The molecule has 0 N–H and O–H groups in total. The predicted octanol–water partition coefficient (Wildman–Crippen LogP) is 2.39. The number of hydrogen-bond acceptors (Lipinski definition) is 4. The van der Waals surface area contributed by atoms with Crippen molar-refractivity contribution in [2.24, 2.45) is 0 Å². The number of pyridine rings is 1. The third kappa shape index (κ3) is 3.85. The summed E-state index contributed by atoms with van der Waals surface area (Å²) < 4.78 is 5.53. The van der Waals surface area contributed by atoms with E-state index in [1.807, 2.05) is 26.0 Å². The Morgan fingerprint density at radius 2 is 1.69 bits per heavy atom. The molecule has 2 amide bonds. The third-order valence-electron chi connectivity index (χ3n) is 4.48. The third-order valence-corrected chi connectivity index (χ3v) is 4.48. The molecule has 1 saturated heterocycles. The molecule has 0 atom stereocenters. The molecule has 6 nitrogen and oxygen atoms in total. The SMILES string of the molecule is CCOc1ccc(C(=O)N2CCN(C(=O)c3cccnc3)CC2)cc1C. The largest absolute Gasteiger partial charge is 0.494 e. The normalized spacial score (nSPS) is 14.2. The number of aryl methyl sites for hydroxylation is 1. The summed E-state index contributed by atoms with van der Waals surface area (Å²) in [6.45, 7) is 6.57. The fraction of sp³-hybridized carbons (Fsp3) is 0.350. The van der Waals surface area contributed by atoms with E-state index >= 15 is 0 Å². The molecule has 1 aliphatic rings. The van der Waals surface area contributed by atoms with Gasteiger partial charge in [0.05, 0.1) is 12.2 Å². The number of aromatic nitrogens is 1. The standard InChI is InChI=1S/C20H23N3O3/c1-3-26-18-7-6-16(13-15(18)2)19(24)22-9-11-23(12-10-22)20(25)17-5-4-8-21-14-17/h4-8,13-14H,3,9-12H2,1-2H3. The van der Waals surface area contributed by atoms with Crippen LogP contribution < -0.4 is 4.74 Å². The highest BCUT2D eigenvalue weighted by molar-refractivity contribution is 5.96. The molecule has 2 heterocycles. The second-order valence-electron chi connectivity index (χ2n) is 6.24. The lowest BCUT2D eigenvalue weighted by Gasteiger charge is -2.34. The zero-order valence-electron chi connectivity index (χ0n) is 15.1. The summed E-state index contributed by atoms with van der Waals surface area (Å²) in [4.78, 5) is 32.7. The predicted molar refractivity (Wildman–Crippen MR) is 98.4 cm³/mol. The summed E-state index contributed by atoms with van der Waals surface area (Å²) in [5.41, 5.74) is 2.18. The van der Waals surface area contributed by atoms with Gasteiger partial charge >= 0.3 is 0 Å².